The van der Waals surface area contributed by atoms with E-state index in [1.54, 1.807) is 19.1 Å². The first-order chi connectivity index (χ1) is 13.3. The molecule has 0 aliphatic carbocycles. The summed E-state index contributed by atoms with van der Waals surface area (Å²) in [5.41, 5.74) is 2.17. The molecule has 1 aromatic heterocycles. The quantitative estimate of drug-likeness (QED) is 0.619. The number of aromatic nitrogens is 2. The summed E-state index contributed by atoms with van der Waals surface area (Å²) in [4.78, 5) is 29.2. The molecule has 28 heavy (non-hydrogen) atoms. The van der Waals surface area contributed by atoms with Crippen molar-refractivity contribution in [3.63, 3.8) is 0 Å². The van der Waals surface area contributed by atoms with E-state index in [1.165, 1.54) is 28.8 Å². The van der Waals surface area contributed by atoms with Gasteiger partial charge in [-0.15, -0.1) is 0 Å². The number of hydrogen-bond donors (Lipinski definition) is 2. The van der Waals surface area contributed by atoms with Gasteiger partial charge in [-0.3, -0.25) is 14.2 Å². The summed E-state index contributed by atoms with van der Waals surface area (Å²) in [5.74, 6) is -0.651. The van der Waals surface area contributed by atoms with Gasteiger partial charge in [0, 0.05) is 21.9 Å². The predicted octanol–water partition coefficient (Wildman–Crippen LogP) is 4.14. The minimum Gasteiger partial charge on any atom is -0.325 e. The van der Waals surface area contributed by atoms with Gasteiger partial charge in [-0.2, -0.15) is 0 Å². The molecule has 0 radical (unpaired) electrons. The molecule has 0 aliphatic heterocycles. The highest BCUT2D eigenvalue weighted by Crippen LogP contribution is 2.23. The maximum Gasteiger partial charge on any atom is 0.255 e. The van der Waals surface area contributed by atoms with E-state index in [-0.39, 0.29) is 24.0 Å². The molecule has 0 fully saturated rings. The zero-order valence-electron chi connectivity index (χ0n) is 15.3. The van der Waals surface area contributed by atoms with Crippen molar-refractivity contribution in [2.75, 3.05) is 10.6 Å². The van der Waals surface area contributed by atoms with E-state index in [4.69, 9.17) is 0 Å². The van der Waals surface area contributed by atoms with Crippen molar-refractivity contribution in [3.8, 4) is 0 Å². The second kappa shape index (κ2) is 8.35. The first-order valence-electron chi connectivity index (χ1n) is 8.49. The summed E-state index contributed by atoms with van der Waals surface area (Å²) < 4.78 is 15.4. The molecule has 0 aliphatic rings. The molecule has 0 saturated carbocycles. The third-order valence-corrected chi connectivity index (χ3v) is 4.57. The zero-order chi connectivity index (χ0) is 20.3. The first kappa shape index (κ1) is 19.8. The van der Waals surface area contributed by atoms with Crippen LogP contribution in [0.3, 0.4) is 0 Å². The Hall–Kier alpha value is -3.00. The molecule has 1 amide bonds. The van der Waals surface area contributed by atoms with Crippen molar-refractivity contribution < 1.29 is 9.18 Å². The Morgan fingerprint density at radius 3 is 2.68 bits per heavy atom. The standard InChI is InChI=1S/C20H18BrFN4O2/c1-12-6-7-17(16(21)8-12)25-18(27)11-26-19(28)9-13(2)23-20(26)24-15-5-3-4-14(22)10-15/h3-10H,11H2,1-2H3,(H,23,24)(H,25,27). The summed E-state index contributed by atoms with van der Waals surface area (Å²) in [7, 11) is 0. The lowest BCUT2D eigenvalue weighted by molar-refractivity contribution is -0.116. The first-order valence-corrected chi connectivity index (χ1v) is 9.28. The van der Waals surface area contributed by atoms with Crippen LogP contribution in [-0.4, -0.2) is 15.5 Å². The Balaban J connectivity index is 1.86. The largest absolute Gasteiger partial charge is 0.325 e. The van der Waals surface area contributed by atoms with Gasteiger partial charge in [0.15, 0.2) is 0 Å². The highest BCUT2D eigenvalue weighted by Gasteiger charge is 2.13. The third kappa shape index (κ3) is 4.83. The van der Waals surface area contributed by atoms with E-state index < -0.39 is 5.82 Å². The average molecular weight is 445 g/mol. The van der Waals surface area contributed by atoms with Gasteiger partial charge in [0.2, 0.25) is 11.9 Å². The molecule has 0 spiro atoms. The molecule has 144 valence electrons. The van der Waals surface area contributed by atoms with Crippen molar-refractivity contribution in [1.29, 1.82) is 0 Å². The Morgan fingerprint density at radius 1 is 1.18 bits per heavy atom. The number of benzene rings is 2. The van der Waals surface area contributed by atoms with E-state index in [0.29, 0.717) is 17.1 Å². The van der Waals surface area contributed by atoms with Crippen molar-refractivity contribution in [2.45, 2.75) is 20.4 Å². The number of amides is 1. The topological polar surface area (TPSA) is 76.0 Å². The maximum atomic E-state index is 13.5. The Bertz CT molecular complexity index is 1100. The summed E-state index contributed by atoms with van der Waals surface area (Å²) >= 11 is 3.41. The average Bonchev–Trinajstić information content (AvgIpc) is 2.60. The maximum absolute atomic E-state index is 13.5. The second-order valence-electron chi connectivity index (χ2n) is 6.31. The molecular formula is C20H18BrFN4O2. The van der Waals surface area contributed by atoms with Crippen LogP contribution in [0.5, 0.6) is 0 Å². The Labute approximate surface area is 169 Å². The number of carbonyl (C=O) groups is 1. The van der Waals surface area contributed by atoms with Gasteiger partial charge in [0.05, 0.1) is 5.69 Å². The smallest absolute Gasteiger partial charge is 0.255 e. The van der Waals surface area contributed by atoms with Crippen molar-refractivity contribution in [1.82, 2.24) is 9.55 Å². The van der Waals surface area contributed by atoms with Crippen LogP contribution in [0.4, 0.5) is 21.7 Å². The van der Waals surface area contributed by atoms with Crippen molar-refractivity contribution in [3.05, 3.63) is 80.4 Å². The Morgan fingerprint density at radius 2 is 1.96 bits per heavy atom. The Kier molecular flexibility index (Phi) is 5.89. The number of nitrogens with zero attached hydrogens (tertiary/aromatic N) is 2. The molecule has 0 saturated heterocycles. The summed E-state index contributed by atoms with van der Waals surface area (Å²) in [6.45, 7) is 3.37. The van der Waals surface area contributed by atoms with Gasteiger partial charge in [-0.25, -0.2) is 9.37 Å². The van der Waals surface area contributed by atoms with E-state index in [2.05, 4.69) is 31.5 Å². The number of aryl methyl sites for hydroxylation is 2. The molecule has 1 heterocycles. The number of rotatable bonds is 5. The number of anilines is 3. The van der Waals surface area contributed by atoms with Crippen LogP contribution >= 0.6 is 15.9 Å². The van der Waals surface area contributed by atoms with Crippen molar-refractivity contribution >= 4 is 39.2 Å². The van der Waals surface area contributed by atoms with Gasteiger partial charge in [-0.1, -0.05) is 12.1 Å². The minimum atomic E-state index is -0.423. The van der Waals surface area contributed by atoms with Crippen LogP contribution in [0.1, 0.15) is 11.3 Å². The predicted molar refractivity (Wildman–Crippen MR) is 110 cm³/mol. The zero-order valence-corrected chi connectivity index (χ0v) is 16.9. The molecule has 6 nitrogen and oxygen atoms in total. The third-order valence-electron chi connectivity index (χ3n) is 3.92. The van der Waals surface area contributed by atoms with E-state index >= 15 is 0 Å². The molecule has 0 atom stereocenters. The van der Waals surface area contributed by atoms with E-state index in [1.807, 2.05) is 19.1 Å². The van der Waals surface area contributed by atoms with Crippen LogP contribution in [0.2, 0.25) is 0 Å². The molecule has 3 rings (SSSR count). The minimum absolute atomic E-state index is 0.161. The number of hydrogen-bond acceptors (Lipinski definition) is 4. The molecule has 2 N–H and O–H groups in total. The van der Waals surface area contributed by atoms with Crippen LogP contribution in [0, 0.1) is 19.7 Å². The molecule has 0 bridgehead atoms. The van der Waals surface area contributed by atoms with Crippen LogP contribution in [0.25, 0.3) is 0 Å². The summed E-state index contributed by atoms with van der Waals surface area (Å²) in [6.07, 6.45) is 0. The fraction of sp³-hybridized carbons (Fsp3) is 0.150. The van der Waals surface area contributed by atoms with Crippen molar-refractivity contribution in [2.24, 2.45) is 0 Å². The SMILES string of the molecule is Cc1ccc(NC(=O)Cn2c(Nc3cccc(F)c3)nc(C)cc2=O)c(Br)c1. The highest BCUT2D eigenvalue weighted by atomic mass is 79.9. The number of carbonyl (C=O) groups excluding carboxylic acids is 1. The van der Waals surface area contributed by atoms with Gasteiger partial charge in [-0.05, 0) is 65.7 Å². The molecule has 2 aromatic carbocycles. The highest BCUT2D eigenvalue weighted by molar-refractivity contribution is 9.10. The lowest BCUT2D eigenvalue weighted by atomic mass is 10.2. The van der Waals surface area contributed by atoms with E-state index in [9.17, 15) is 14.0 Å². The normalized spacial score (nSPS) is 10.6. The lowest BCUT2D eigenvalue weighted by Gasteiger charge is -2.15. The lowest BCUT2D eigenvalue weighted by Crippen LogP contribution is -2.30. The van der Waals surface area contributed by atoms with Gasteiger partial charge in [0.25, 0.3) is 5.56 Å². The number of halogens is 2. The number of nitrogens with one attached hydrogen (secondary N) is 2. The molecule has 0 unspecified atom stereocenters. The summed E-state index contributed by atoms with van der Waals surface area (Å²) in [6, 6.07) is 12.6. The van der Waals surface area contributed by atoms with Crippen LogP contribution < -0.4 is 16.2 Å². The second-order valence-corrected chi connectivity index (χ2v) is 7.17. The van der Waals surface area contributed by atoms with Gasteiger partial charge < -0.3 is 10.6 Å². The monoisotopic (exact) mass is 444 g/mol. The van der Waals surface area contributed by atoms with Crippen LogP contribution in [0.15, 0.2) is 57.8 Å². The molecule has 8 heteroatoms. The fourth-order valence-electron chi connectivity index (χ4n) is 2.62. The van der Waals surface area contributed by atoms with Gasteiger partial charge in [0.1, 0.15) is 12.4 Å². The fourth-order valence-corrected chi connectivity index (χ4v) is 3.21. The van der Waals surface area contributed by atoms with E-state index in [0.717, 1.165) is 10.0 Å². The molecule has 3 aromatic rings. The molecular weight excluding hydrogens is 427 g/mol. The summed E-state index contributed by atoms with van der Waals surface area (Å²) in [5, 5.41) is 5.67. The van der Waals surface area contributed by atoms with Crippen LogP contribution in [-0.2, 0) is 11.3 Å². The van der Waals surface area contributed by atoms with Gasteiger partial charge >= 0.3 is 0 Å².